The molecule has 25 heavy (non-hydrogen) atoms. The summed E-state index contributed by atoms with van der Waals surface area (Å²) in [5, 5.41) is 12.3. The lowest BCUT2D eigenvalue weighted by Gasteiger charge is -2.35. The topological polar surface area (TPSA) is 95.9 Å². The fourth-order valence-corrected chi connectivity index (χ4v) is 2.72. The van der Waals surface area contributed by atoms with Crippen LogP contribution in [0.4, 0.5) is 0 Å². The van der Waals surface area contributed by atoms with Crippen LogP contribution in [0.5, 0.6) is 0 Å². The monoisotopic (exact) mass is 368 g/mol. The van der Waals surface area contributed by atoms with Gasteiger partial charge in [-0.1, -0.05) is 11.6 Å². The Kier molecular flexibility index (Phi) is 6.78. The number of amides is 2. The molecular formula is C17H21ClN2O5. The molecule has 8 heteroatoms. The van der Waals surface area contributed by atoms with Crippen LogP contribution >= 0.6 is 11.6 Å². The molecule has 1 saturated heterocycles. The van der Waals surface area contributed by atoms with E-state index < -0.39 is 12.1 Å². The van der Waals surface area contributed by atoms with Gasteiger partial charge in [-0.3, -0.25) is 9.59 Å². The van der Waals surface area contributed by atoms with Gasteiger partial charge in [-0.2, -0.15) is 0 Å². The fraction of sp³-hybridized carbons (Fsp3) is 0.471. The van der Waals surface area contributed by atoms with Crippen molar-refractivity contribution in [3.8, 4) is 0 Å². The Bertz CT molecular complexity index is 634. The van der Waals surface area contributed by atoms with Gasteiger partial charge in [0.25, 0.3) is 5.91 Å². The molecule has 1 heterocycles. The number of morpholine rings is 1. The summed E-state index contributed by atoms with van der Waals surface area (Å²) in [4.78, 5) is 36.7. The Hall–Kier alpha value is -2.12. The van der Waals surface area contributed by atoms with Crippen molar-refractivity contribution in [2.45, 2.75) is 32.0 Å². The summed E-state index contributed by atoms with van der Waals surface area (Å²) in [5.74, 6) is -1.43. The summed E-state index contributed by atoms with van der Waals surface area (Å²) >= 11 is 5.77. The number of halogens is 1. The summed E-state index contributed by atoms with van der Waals surface area (Å²) in [7, 11) is 0. The van der Waals surface area contributed by atoms with E-state index >= 15 is 0 Å². The van der Waals surface area contributed by atoms with Gasteiger partial charge in [0.05, 0.1) is 12.6 Å². The van der Waals surface area contributed by atoms with Gasteiger partial charge in [0.15, 0.2) is 6.10 Å². The SMILES string of the molecule is C[C@@H]1CN(C(=O)CCCNC(=O)c2ccc(Cl)cc2)CC(C(=O)O)O1. The number of carbonyl (C=O) groups is 3. The van der Waals surface area contributed by atoms with Gasteiger partial charge >= 0.3 is 5.97 Å². The van der Waals surface area contributed by atoms with Gasteiger partial charge in [0.2, 0.25) is 5.91 Å². The molecule has 2 N–H and O–H groups in total. The zero-order chi connectivity index (χ0) is 18.4. The number of carboxylic acids is 1. The van der Waals surface area contributed by atoms with E-state index in [0.29, 0.717) is 30.1 Å². The molecule has 0 aliphatic carbocycles. The second-order valence-electron chi connectivity index (χ2n) is 5.94. The van der Waals surface area contributed by atoms with Crippen molar-refractivity contribution in [1.82, 2.24) is 10.2 Å². The van der Waals surface area contributed by atoms with Crippen LogP contribution in [0.1, 0.15) is 30.1 Å². The molecule has 1 aliphatic rings. The minimum absolute atomic E-state index is 0.0512. The number of hydrogen-bond donors (Lipinski definition) is 2. The van der Waals surface area contributed by atoms with Crippen LogP contribution in [-0.4, -0.2) is 59.6 Å². The molecule has 2 rings (SSSR count). The Morgan fingerprint density at radius 3 is 2.60 bits per heavy atom. The Labute approximate surface area is 150 Å². The fourth-order valence-electron chi connectivity index (χ4n) is 2.59. The molecule has 1 aliphatic heterocycles. The first-order valence-corrected chi connectivity index (χ1v) is 8.44. The molecule has 7 nitrogen and oxygen atoms in total. The summed E-state index contributed by atoms with van der Waals surface area (Å²) in [5.41, 5.74) is 0.502. The first-order valence-electron chi connectivity index (χ1n) is 8.06. The van der Waals surface area contributed by atoms with Crippen molar-refractivity contribution in [3.63, 3.8) is 0 Å². The summed E-state index contributed by atoms with van der Waals surface area (Å²) in [6, 6.07) is 6.53. The average molecular weight is 369 g/mol. The molecule has 136 valence electrons. The van der Waals surface area contributed by atoms with Gasteiger partial charge in [0.1, 0.15) is 0 Å². The summed E-state index contributed by atoms with van der Waals surface area (Å²) < 4.78 is 5.28. The first kappa shape index (κ1) is 19.2. The Morgan fingerprint density at radius 1 is 1.28 bits per heavy atom. The standard InChI is InChI=1S/C17H21ClN2O5/c1-11-9-20(10-14(25-11)17(23)24)15(21)3-2-8-19-16(22)12-4-6-13(18)7-5-12/h4-7,11,14H,2-3,8-10H2,1H3,(H,19,22)(H,23,24)/t11-,14?/m1/s1. The van der Waals surface area contributed by atoms with Crippen LogP contribution in [0.25, 0.3) is 0 Å². The molecule has 0 aromatic heterocycles. The number of aliphatic carboxylic acids is 1. The van der Waals surface area contributed by atoms with Crippen LogP contribution in [0, 0.1) is 0 Å². The van der Waals surface area contributed by atoms with Crippen LogP contribution in [0.15, 0.2) is 24.3 Å². The maximum Gasteiger partial charge on any atom is 0.334 e. The van der Waals surface area contributed by atoms with E-state index in [1.54, 1.807) is 31.2 Å². The average Bonchev–Trinajstić information content (AvgIpc) is 2.58. The van der Waals surface area contributed by atoms with Gasteiger partial charge in [-0.25, -0.2) is 4.79 Å². The molecular weight excluding hydrogens is 348 g/mol. The normalized spacial score (nSPS) is 20.2. The second-order valence-corrected chi connectivity index (χ2v) is 6.38. The molecule has 1 aromatic rings. The highest BCUT2D eigenvalue weighted by Crippen LogP contribution is 2.13. The quantitative estimate of drug-likeness (QED) is 0.743. The lowest BCUT2D eigenvalue weighted by atomic mass is 10.2. The third-order valence-corrected chi connectivity index (χ3v) is 4.10. The van der Waals surface area contributed by atoms with E-state index in [1.165, 1.54) is 4.90 Å². The number of nitrogens with zero attached hydrogens (tertiary/aromatic N) is 1. The number of rotatable bonds is 6. The van der Waals surface area contributed by atoms with E-state index in [-0.39, 0.29) is 30.9 Å². The molecule has 1 fully saturated rings. The minimum atomic E-state index is -1.07. The van der Waals surface area contributed by atoms with Gasteiger partial charge in [-0.15, -0.1) is 0 Å². The van der Waals surface area contributed by atoms with Gasteiger partial charge in [-0.05, 0) is 37.6 Å². The molecule has 1 aromatic carbocycles. The highest BCUT2D eigenvalue weighted by molar-refractivity contribution is 6.30. The number of nitrogens with one attached hydrogen (secondary N) is 1. The Balaban J connectivity index is 1.73. The molecule has 2 atom stereocenters. The number of carbonyl (C=O) groups excluding carboxylic acids is 2. The molecule has 0 saturated carbocycles. The van der Waals surface area contributed by atoms with Crippen molar-refractivity contribution in [3.05, 3.63) is 34.9 Å². The lowest BCUT2D eigenvalue weighted by Crippen LogP contribution is -2.51. The van der Waals surface area contributed by atoms with Crippen molar-refractivity contribution in [2.24, 2.45) is 0 Å². The van der Waals surface area contributed by atoms with E-state index in [4.69, 9.17) is 21.4 Å². The van der Waals surface area contributed by atoms with E-state index in [0.717, 1.165) is 0 Å². The van der Waals surface area contributed by atoms with Crippen LogP contribution < -0.4 is 5.32 Å². The minimum Gasteiger partial charge on any atom is -0.479 e. The predicted octanol–water partition coefficient (Wildman–Crippen LogP) is 1.55. The zero-order valence-electron chi connectivity index (χ0n) is 13.9. The van der Waals surface area contributed by atoms with E-state index in [9.17, 15) is 14.4 Å². The molecule has 0 bridgehead atoms. The van der Waals surface area contributed by atoms with E-state index in [1.807, 2.05) is 0 Å². The van der Waals surface area contributed by atoms with Crippen LogP contribution in [0.3, 0.4) is 0 Å². The highest BCUT2D eigenvalue weighted by Gasteiger charge is 2.32. The van der Waals surface area contributed by atoms with Crippen LogP contribution in [-0.2, 0) is 14.3 Å². The number of hydrogen-bond acceptors (Lipinski definition) is 4. The highest BCUT2D eigenvalue weighted by atomic mass is 35.5. The van der Waals surface area contributed by atoms with E-state index in [2.05, 4.69) is 5.32 Å². The first-order chi connectivity index (χ1) is 11.9. The number of ether oxygens (including phenoxy) is 1. The largest absolute Gasteiger partial charge is 0.479 e. The smallest absolute Gasteiger partial charge is 0.334 e. The number of carboxylic acid groups (broad SMARTS) is 1. The zero-order valence-corrected chi connectivity index (χ0v) is 14.7. The summed E-state index contributed by atoms with van der Waals surface area (Å²) in [6.07, 6.45) is -0.595. The maximum atomic E-state index is 12.2. The molecule has 0 spiro atoms. The predicted molar refractivity (Wildman–Crippen MR) is 91.6 cm³/mol. The van der Waals surface area contributed by atoms with Crippen molar-refractivity contribution in [1.29, 1.82) is 0 Å². The van der Waals surface area contributed by atoms with Crippen LogP contribution in [0.2, 0.25) is 5.02 Å². The number of benzene rings is 1. The molecule has 1 unspecified atom stereocenters. The van der Waals surface area contributed by atoms with Crippen molar-refractivity contribution < 1.29 is 24.2 Å². The maximum absolute atomic E-state index is 12.2. The second kappa shape index (κ2) is 8.82. The molecule has 0 radical (unpaired) electrons. The third kappa shape index (κ3) is 5.72. The third-order valence-electron chi connectivity index (χ3n) is 3.85. The lowest BCUT2D eigenvalue weighted by molar-refractivity contribution is -0.166. The van der Waals surface area contributed by atoms with Crippen molar-refractivity contribution >= 4 is 29.4 Å². The van der Waals surface area contributed by atoms with Gasteiger partial charge < -0.3 is 20.1 Å². The Morgan fingerprint density at radius 2 is 1.96 bits per heavy atom. The molecule has 2 amide bonds. The van der Waals surface area contributed by atoms with Gasteiger partial charge in [0, 0.05) is 30.1 Å². The summed E-state index contributed by atoms with van der Waals surface area (Å²) in [6.45, 7) is 2.52. The van der Waals surface area contributed by atoms with Crippen molar-refractivity contribution in [2.75, 3.05) is 19.6 Å².